The van der Waals surface area contributed by atoms with Gasteiger partial charge >= 0.3 is 16.2 Å². The summed E-state index contributed by atoms with van der Waals surface area (Å²) in [4.78, 5) is 16.4. The smallest absolute Gasteiger partial charge is 0.323 e. The minimum atomic E-state index is -3.98. The Morgan fingerprint density at radius 2 is 1.71 bits per heavy atom. The Kier molecular flexibility index (Phi) is 7.77. The highest BCUT2D eigenvalue weighted by molar-refractivity contribution is 9.10. The molecule has 0 radical (unpaired) electrons. The molecular weight excluding hydrogens is 568 g/mol. The number of nitrogens with one attached hydrogen (secondary N) is 2. The molecular formula is C20H16BrClN6O4S2. The molecule has 1 aromatic carbocycles. The highest BCUT2D eigenvalue weighted by Gasteiger charge is 2.20. The SMILES string of the molecule is O=S(=O)(Nc1cccs1)Nc1ncnc(OCCOc2ncc(Br)cn2)c1-c1ccc(Cl)cc1. The fraction of sp³-hybridized carbons (Fsp3) is 0.100. The van der Waals surface area contributed by atoms with Crippen molar-refractivity contribution in [3.63, 3.8) is 0 Å². The molecule has 0 saturated heterocycles. The van der Waals surface area contributed by atoms with E-state index in [-0.39, 0.29) is 30.9 Å². The van der Waals surface area contributed by atoms with Crippen molar-refractivity contribution in [3.05, 3.63) is 70.0 Å². The van der Waals surface area contributed by atoms with Gasteiger partial charge in [0.05, 0.1) is 10.0 Å². The molecule has 0 amide bonds. The van der Waals surface area contributed by atoms with E-state index in [0.717, 1.165) is 4.47 Å². The van der Waals surface area contributed by atoms with Crippen molar-refractivity contribution in [2.24, 2.45) is 0 Å². The molecule has 176 valence electrons. The van der Waals surface area contributed by atoms with Crippen molar-refractivity contribution in [2.45, 2.75) is 0 Å². The number of hydrogen-bond donors (Lipinski definition) is 2. The molecule has 3 aromatic heterocycles. The summed E-state index contributed by atoms with van der Waals surface area (Å²) in [6.07, 6.45) is 4.33. The lowest BCUT2D eigenvalue weighted by molar-refractivity contribution is 0.202. The van der Waals surface area contributed by atoms with Crippen LogP contribution in [0.2, 0.25) is 5.02 Å². The zero-order valence-electron chi connectivity index (χ0n) is 17.2. The van der Waals surface area contributed by atoms with E-state index >= 15 is 0 Å². The minimum absolute atomic E-state index is 0.0357. The Morgan fingerprint density at radius 1 is 0.971 bits per heavy atom. The van der Waals surface area contributed by atoms with Crippen LogP contribution in [0.3, 0.4) is 0 Å². The Hall–Kier alpha value is -3.00. The van der Waals surface area contributed by atoms with E-state index < -0.39 is 10.2 Å². The first-order chi connectivity index (χ1) is 16.4. The van der Waals surface area contributed by atoms with Crippen LogP contribution in [0, 0.1) is 0 Å². The number of aromatic nitrogens is 4. The van der Waals surface area contributed by atoms with Gasteiger partial charge in [-0.2, -0.15) is 8.42 Å². The molecule has 0 unspecified atom stereocenters. The van der Waals surface area contributed by atoms with Crippen LogP contribution in [-0.2, 0) is 10.2 Å². The molecule has 0 aliphatic carbocycles. The molecule has 4 aromatic rings. The third-order valence-corrected chi connectivity index (χ3v) is 6.61. The van der Waals surface area contributed by atoms with Gasteiger partial charge in [-0.3, -0.25) is 4.72 Å². The molecule has 34 heavy (non-hydrogen) atoms. The second-order valence-electron chi connectivity index (χ2n) is 6.47. The average molecular weight is 584 g/mol. The minimum Gasteiger partial charge on any atom is -0.473 e. The summed E-state index contributed by atoms with van der Waals surface area (Å²) in [7, 11) is -3.98. The highest BCUT2D eigenvalue weighted by atomic mass is 79.9. The van der Waals surface area contributed by atoms with Gasteiger partial charge in [0.1, 0.15) is 24.5 Å². The van der Waals surface area contributed by atoms with Crippen molar-refractivity contribution >= 4 is 59.9 Å². The summed E-state index contributed by atoms with van der Waals surface area (Å²) >= 11 is 10.5. The van der Waals surface area contributed by atoms with E-state index in [0.29, 0.717) is 21.2 Å². The number of hydrogen-bond acceptors (Lipinski definition) is 9. The zero-order valence-corrected chi connectivity index (χ0v) is 21.2. The van der Waals surface area contributed by atoms with Crippen molar-refractivity contribution in [3.8, 4) is 23.0 Å². The molecule has 0 spiro atoms. The van der Waals surface area contributed by atoms with Gasteiger partial charge in [-0.25, -0.2) is 24.7 Å². The van der Waals surface area contributed by atoms with Gasteiger partial charge < -0.3 is 9.47 Å². The molecule has 0 atom stereocenters. The van der Waals surface area contributed by atoms with Crippen molar-refractivity contribution in [2.75, 3.05) is 22.7 Å². The van der Waals surface area contributed by atoms with Crippen molar-refractivity contribution in [1.29, 1.82) is 0 Å². The lowest BCUT2D eigenvalue weighted by Crippen LogP contribution is -2.22. The molecule has 14 heteroatoms. The molecule has 4 rings (SSSR count). The fourth-order valence-corrected chi connectivity index (χ4v) is 4.81. The van der Waals surface area contributed by atoms with Crippen molar-refractivity contribution < 1.29 is 17.9 Å². The number of halogens is 2. The summed E-state index contributed by atoms with van der Waals surface area (Å²) in [6, 6.07) is 10.3. The molecule has 0 fully saturated rings. The maximum absolute atomic E-state index is 12.7. The summed E-state index contributed by atoms with van der Waals surface area (Å²) < 4.78 is 42.3. The summed E-state index contributed by atoms with van der Waals surface area (Å²) in [5, 5.41) is 2.74. The highest BCUT2D eigenvalue weighted by Crippen LogP contribution is 2.35. The number of anilines is 2. The normalized spacial score (nSPS) is 11.1. The van der Waals surface area contributed by atoms with E-state index in [2.05, 4.69) is 45.3 Å². The molecule has 2 N–H and O–H groups in total. The lowest BCUT2D eigenvalue weighted by Gasteiger charge is -2.16. The van der Waals surface area contributed by atoms with Crippen LogP contribution in [0.15, 0.2) is 65.0 Å². The van der Waals surface area contributed by atoms with Gasteiger partial charge in [0.2, 0.25) is 5.88 Å². The number of ether oxygens (including phenoxy) is 2. The Balaban J connectivity index is 1.55. The van der Waals surface area contributed by atoms with E-state index in [1.165, 1.54) is 17.7 Å². The molecule has 3 heterocycles. The first-order valence-corrected chi connectivity index (χ1v) is 13.1. The standard InChI is InChI=1S/C20H16BrClN6O4S2/c21-14-10-23-20(24-11-14)32-8-7-31-19-17(13-3-5-15(22)6-4-13)18(25-12-26-19)28-34(29,30)27-16-2-1-9-33-16/h1-6,9-12,27H,7-8H2,(H,25,26,28). The monoisotopic (exact) mass is 582 g/mol. The van der Waals surface area contributed by atoms with Crippen LogP contribution in [0.25, 0.3) is 11.1 Å². The maximum Gasteiger partial charge on any atom is 0.323 e. The lowest BCUT2D eigenvalue weighted by atomic mass is 10.1. The van der Waals surface area contributed by atoms with Crippen LogP contribution in [0.1, 0.15) is 0 Å². The number of benzene rings is 1. The Labute approximate surface area is 212 Å². The third kappa shape index (κ3) is 6.53. The second kappa shape index (κ2) is 11.0. The first-order valence-electron chi connectivity index (χ1n) is 9.58. The first kappa shape index (κ1) is 24.1. The molecule has 10 nitrogen and oxygen atoms in total. The number of nitrogens with zero attached hydrogens (tertiary/aromatic N) is 4. The van der Waals surface area contributed by atoms with Crippen LogP contribution in [-0.4, -0.2) is 41.6 Å². The third-order valence-electron chi connectivity index (χ3n) is 4.08. The topological polar surface area (TPSA) is 128 Å². The van der Waals surface area contributed by atoms with E-state index in [9.17, 15) is 8.42 Å². The summed E-state index contributed by atoms with van der Waals surface area (Å²) in [6.45, 7) is 0.226. The van der Waals surface area contributed by atoms with Crippen LogP contribution >= 0.6 is 38.9 Å². The number of thiophene rings is 1. The maximum atomic E-state index is 12.7. The van der Waals surface area contributed by atoms with Gasteiger partial charge in [-0.05, 0) is 51.1 Å². The Bertz CT molecular complexity index is 1340. The number of rotatable bonds is 10. The van der Waals surface area contributed by atoms with Gasteiger partial charge in [-0.15, -0.1) is 11.3 Å². The Morgan fingerprint density at radius 3 is 2.41 bits per heavy atom. The van der Waals surface area contributed by atoms with Gasteiger partial charge in [-0.1, -0.05) is 23.7 Å². The van der Waals surface area contributed by atoms with E-state index in [4.69, 9.17) is 21.1 Å². The second-order valence-corrected chi connectivity index (χ2v) is 10.2. The average Bonchev–Trinajstić information content (AvgIpc) is 3.31. The largest absolute Gasteiger partial charge is 0.473 e. The van der Waals surface area contributed by atoms with E-state index in [1.54, 1.807) is 54.2 Å². The predicted molar refractivity (Wildman–Crippen MR) is 134 cm³/mol. The summed E-state index contributed by atoms with van der Waals surface area (Å²) in [5.41, 5.74) is 0.946. The van der Waals surface area contributed by atoms with Gasteiger partial charge in [0.25, 0.3) is 0 Å². The predicted octanol–water partition coefficient (Wildman–Crippen LogP) is 4.64. The van der Waals surface area contributed by atoms with E-state index in [1.807, 2.05) is 0 Å². The van der Waals surface area contributed by atoms with Crippen molar-refractivity contribution in [1.82, 2.24) is 19.9 Å². The molecule has 0 saturated carbocycles. The molecule has 0 bridgehead atoms. The van der Waals surface area contributed by atoms with Crippen LogP contribution < -0.4 is 18.9 Å². The molecule has 0 aliphatic heterocycles. The molecule has 0 aliphatic rings. The van der Waals surface area contributed by atoms with Crippen LogP contribution in [0.5, 0.6) is 11.9 Å². The quantitative estimate of drug-likeness (QED) is 0.259. The van der Waals surface area contributed by atoms with Gasteiger partial charge in [0, 0.05) is 17.4 Å². The zero-order chi connectivity index (χ0) is 24.0. The fourth-order valence-electron chi connectivity index (χ4n) is 2.70. The summed E-state index contributed by atoms with van der Waals surface area (Å²) in [5.74, 6) is 0.194. The van der Waals surface area contributed by atoms with Crippen LogP contribution in [0.4, 0.5) is 10.8 Å². The van der Waals surface area contributed by atoms with Gasteiger partial charge in [0.15, 0.2) is 5.82 Å².